The molecule has 1 aromatic rings. The Morgan fingerprint density at radius 3 is 2.14 bits per heavy atom. The molecule has 0 unspecified atom stereocenters. The van der Waals surface area contributed by atoms with Gasteiger partial charge in [-0.3, -0.25) is 9.78 Å². The van der Waals surface area contributed by atoms with Crippen LogP contribution in [0.5, 0.6) is 0 Å². The van der Waals surface area contributed by atoms with Crippen LogP contribution < -0.4 is 0 Å². The van der Waals surface area contributed by atoms with Gasteiger partial charge in [0.05, 0.1) is 11.3 Å². The lowest BCUT2D eigenvalue weighted by atomic mass is 10.1. The van der Waals surface area contributed by atoms with E-state index < -0.39 is 5.97 Å². The third kappa shape index (κ3) is 1.79. The van der Waals surface area contributed by atoms with E-state index in [1.54, 1.807) is 13.8 Å². The highest BCUT2D eigenvalue weighted by atomic mass is 16.4. The van der Waals surface area contributed by atoms with Gasteiger partial charge in [0.1, 0.15) is 0 Å². The van der Waals surface area contributed by atoms with Crippen LogP contribution in [0.2, 0.25) is 0 Å². The number of hydrogen-bond acceptors (Lipinski definition) is 3. The van der Waals surface area contributed by atoms with Crippen LogP contribution in [0, 0.1) is 13.8 Å². The monoisotopic (exact) mass is 193 g/mol. The molecule has 0 bridgehead atoms. The van der Waals surface area contributed by atoms with Crippen LogP contribution in [0.1, 0.15) is 39.0 Å². The molecule has 74 valence electrons. The molecule has 0 aromatic carbocycles. The molecular weight excluding hydrogens is 182 g/mol. The summed E-state index contributed by atoms with van der Waals surface area (Å²) in [5, 5.41) is 8.81. The topological polar surface area (TPSA) is 67.3 Å². The zero-order chi connectivity index (χ0) is 10.9. The van der Waals surface area contributed by atoms with Crippen LogP contribution >= 0.6 is 0 Å². The number of carboxylic acid groups (broad SMARTS) is 1. The minimum atomic E-state index is -1.06. The highest BCUT2D eigenvalue weighted by Crippen LogP contribution is 2.13. The van der Waals surface area contributed by atoms with Crippen LogP contribution in [0.4, 0.5) is 0 Å². The Morgan fingerprint density at radius 2 is 1.71 bits per heavy atom. The van der Waals surface area contributed by atoms with Crippen molar-refractivity contribution < 1.29 is 14.7 Å². The number of carbonyl (C=O) groups excluding carboxylic acids is 1. The molecule has 0 aliphatic heterocycles. The molecule has 0 amide bonds. The maximum atomic E-state index is 11.1. The lowest BCUT2D eigenvalue weighted by molar-refractivity contribution is 0.0695. The number of hydrogen-bond donors (Lipinski definition) is 1. The van der Waals surface area contributed by atoms with Crippen LogP contribution in [-0.4, -0.2) is 21.8 Å². The molecule has 1 N–H and O–H groups in total. The zero-order valence-corrected chi connectivity index (χ0v) is 8.29. The van der Waals surface area contributed by atoms with Crippen molar-refractivity contribution in [3.8, 4) is 0 Å². The van der Waals surface area contributed by atoms with Gasteiger partial charge in [0.25, 0.3) is 0 Å². The molecule has 0 radical (unpaired) electrons. The first-order chi connectivity index (χ1) is 6.43. The summed E-state index contributed by atoms with van der Waals surface area (Å²) < 4.78 is 0. The van der Waals surface area contributed by atoms with E-state index in [4.69, 9.17) is 5.11 Å². The number of nitrogens with zero attached hydrogens (tertiary/aromatic N) is 1. The lowest BCUT2D eigenvalue weighted by Crippen LogP contribution is -2.08. The van der Waals surface area contributed by atoms with E-state index in [9.17, 15) is 9.59 Å². The first kappa shape index (κ1) is 10.4. The molecular formula is C10H11NO3. The van der Waals surface area contributed by atoms with Gasteiger partial charge >= 0.3 is 5.97 Å². The van der Waals surface area contributed by atoms with Gasteiger partial charge in [-0.25, -0.2) is 4.79 Å². The van der Waals surface area contributed by atoms with Crippen molar-refractivity contribution >= 4 is 11.8 Å². The molecule has 0 saturated carbocycles. The van der Waals surface area contributed by atoms with Crippen molar-refractivity contribution in [3.63, 3.8) is 0 Å². The Morgan fingerprint density at radius 1 is 1.21 bits per heavy atom. The molecule has 4 heteroatoms. The Kier molecular flexibility index (Phi) is 2.65. The summed E-state index contributed by atoms with van der Waals surface area (Å²) in [7, 11) is 0. The minimum Gasteiger partial charge on any atom is -0.478 e. The number of aromatic carboxylic acids is 1. The van der Waals surface area contributed by atoms with Crippen LogP contribution in [0.15, 0.2) is 6.07 Å². The summed E-state index contributed by atoms with van der Waals surface area (Å²) in [6.07, 6.45) is 0. The van der Waals surface area contributed by atoms with Crippen LogP contribution in [0.25, 0.3) is 0 Å². The molecule has 1 heterocycles. The molecule has 1 aromatic heterocycles. The fraction of sp³-hybridized carbons (Fsp3) is 0.300. The summed E-state index contributed by atoms with van der Waals surface area (Å²) in [4.78, 5) is 25.9. The van der Waals surface area contributed by atoms with Gasteiger partial charge < -0.3 is 5.11 Å². The predicted octanol–water partition coefficient (Wildman–Crippen LogP) is 1.60. The smallest absolute Gasteiger partial charge is 0.337 e. The second-order valence-corrected chi connectivity index (χ2v) is 3.12. The Bertz CT molecular complexity index is 375. The number of rotatable bonds is 2. The van der Waals surface area contributed by atoms with Gasteiger partial charge in [0.15, 0.2) is 5.78 Å². The maximum Gasteiger partial charge on any atom is 0.337 e. The van der Waals surface area contributed by atoms with Crippen molar-refractivity contribution in [1.82, 2.24) is 4.98 Å². The molecule has 0 aliphatic carbocycles. The molecule has 0 spiro atoms. The standard InChI is InChI=1S/C10H11NO3/c1-5-8(7(3)12)4-9(10(13)14)6(2)11-5/h4H,1-3H3,(H,13,14). The summed E-state index contributed by atoms with van der Waals surface area (Å²) in [6.45, 7) is 4.70. The Labute approximate surface area is 81.6 Å². The van der Waals surface area contributed by atoms with E-state index in [1.807, 2.05) is 0 Å². The largest absolute Gasteiger partial charge is 0.478 e. The van der Waals surface area contributed by atoms with E-state index in [0.29, 0.717) is 17.0 Å². The zero-order valence-electron chi connectivity index (χ0n) is 8.29. The van der Waals surface area contributed by atoms with Gasteiger partial charge in [-0.1, -0.05) is 0 Å². The van der Waals surface area contributed by atoms with E-state index >= 15 is 0 Å². The Balaban J connectivity index is 3.42. The number of pyridine rings is 1. The average molecular weight is 193 g/mol. The SMILES string of the molecule is CC(=O)c1cc(C(=O)O)c(C)nc1C. The maximum absolute atomic E-state index is 11.1. The fourth-order valence-electron chi connectivity index (χ4n) is 1.30. The van der Waals surface area contributed by atoms with Crippen molar-refractivity contribution in [3.05, 3.63) is 28.6 Å². The molecule has 0 atom stereocenters. The lowest BCUT2D eigenvalue weighted by Gasteiger charge is -2.05. The van der Waals surface area contributed by atoms with Crippen LogP contribution in [-0.2, 0) is 0 Å². The number of ketones is 1. The van der Waals surface area contributed by atoms with Crippen LogP contribution in [0.3, 0.4) is 0 Å². The first-order valence-electron chi connectivity index (χ1n) is 4.16. The highest BCUT2D eigenvalue weighted by molar-refractivity contribution is 5.98. The number of carbonyl (C=O) groups is 2. The van der Waals surface area contributed by atoms with E-state index in [2.05, 4.69) is 4.98 Å². The number of aryl methyl sites for hydroxylation is 2. The normalized spacial score (nSPS) is 9.93. The highest BCUT2D eigenvalue weighted by Gasteiger charge is 2.13. The first-order valence-corrected chi connectivity index (χ1v) is 4.16. The Hall–Kier alpha value is -1.71. The second kappa shape index (κ2) is 3.57. The van der Waals surface area contributed by atoms with Crippen molar-refractivity contribution in [1.29, 1.82) is 0 Å². The van der Waals surface area contributed by atoms with E-state index in [0.717, 1.165) is 0 Å². The van der Waals surface area contributed by atoms with Gasteiger partial charge in [-0.05, 0) is 26.8 Å². The molecule has 4 nitrogen and oxygen atoms in total. The number of aromatic nitrogens is 1. The summed E-state index contributed by atoms with van der Waals surface area (Å²) in [5.74, 6) is -1.23. The number of carboxylic acids is 1. The third-order valence-corrected chi connectivity index (χ3v) is 2.01. The molecule has 0 fully saturated rings. The van der Waals surface area contributed by atoms with Gasteiger partial charge in [-0.2, -0.15) is 0 Å². The second-order valence-electron chi connectivity index (χ2n) is 3.12. The van der Waals surface area contributed by atoms with Gasteiger partial charge in [-0.15, -0.1) is 0 Å². The average Bonchev–Trinajstić information content (AvgIpc) is 2.02. The van der Waals surface area contributed by atoms with Crippen molar-refractivity contribution in [2.45, 2.75) is 20.8 Å². The molecule has 1 rings (SSSR count). The minimum absolute atomic E-state index is 0.0841. The summed E-state index contributed by atoms with van der Waals surface area (Å²) in [6, 6.07) is 1.38. The molecule has 14 heavy (non-hydrogen) atoms. The fourth-order valence-corrected chi connectivity index (χ4v) is 1.30. The molecule has 0 aliphatic rings. The van der Waals surface area contributed by atoms with Crippen molar-refractivity contribution in [2.75, 3.05) is 0 Å². The summed E-state index contributed by atoms with van der Waals surface area (Å²) in [5.41, 5.74) is 1.45. The van der Waals surface area contributed by atoms with Crippen molar-refractivity contribution in [2.24, 2.45) is 0 Å². The number of Topliss-reactive ketones (excluding diaryl/α,β-unsaturated/α-hetero) is 1. The third-order valence-electron chi connectivity index (χ3n) is 2.01. The van der Waals surface area contributed by atoms with Gasteiger partial charge in [0, 0.05) is 11.3 Å². The summed E-state index contributed by atoms with van der Waals surface area (Å²) >= 11 is 0. The quantitative estimate of drug-likeness (QED) is 0.724. The van der Waals surface area contributed by atoms with E-state index in [-0.39, 0.29) is 11.3 Å². The van der Waals surface area contributed by atoms with Gasteiger partial charge in [0.2, 0.25) is 0 Å². The molecule has 0 saturated heterocycles. The predicted molar refractivity (Wildman–Crippen MR) is 50.7 cm³/mol. The van der Waals surface area contributed by atoms with E-state index in [1.165, 1.54) is 13.0 Å².